The normalized spacial score (nSPS) is 44.8. The van der Waals surface area contributed by atoms with E-state index in [-0.39, 0.29) is 104 Å². The van der Waals surface area contributed by atoms with Crippen LogP contribution < -0.4 is 5.32 Å². The number of benzene rings is 1. The lowest BCUT2D eigenvalue weighted by molar-refractivity contribution is -0.318. The van der Waals surface area contributed by atoms with Gasteiger partial charge in [-0.05, 0) is 183 Å². The number of hydrogen-bond acceptors (Lipinski definition) is 33. The number of ether oxygens (including phenoxy) is 23. The molecule has 13 heterocycles. The quantitative estimate of drug-likeness (QED) is 0.0384. The molecule has 34 heteroatoms. The van der Waals surface area contributed by atoms with Gasteiger partial charge in [0.15, 0.2) is 36.7 Å². The number of carbonyl (C=O) groups excluding carboxylic acids is 4. The third-order valence-corrected chi connectivity index (χ3v) is 33.9. The molecule has 1 aromatic carbocycles. The van der Waals surface area contributed by atoms with Crippen LogP contribution in [0.5, 0.6) is 0 Å². The third-order valence-electron chi connectivity index (χ3n) is 33.9. The summed E-state index contributed by atoms with van der Waals surface area (Å²) in [6.07, 6.45) is 18.3. The third kappa shape index (κ3) is 25.4. The van der Waals surface area contributed by atoms with Crippen LogP contribution in [0.15, 0.2) is 142 Å². The number of carbonyl (C=O) groups is 4. The lowest BCUT2D eigenvalue weighted by Gasteiger charge is -2.48. The first kappa shape index (κ1) is 117. The summed E-state index contributed by atoms with van der Waals surface area (Å²) in [6.45, 7) is 37.9. The molecule has 1 saturated carbocycles. The molecule has 0 aromatic heterocycles. The van der Waals surface area contributed by atoms with Gasteiger partial charge < -0.3 is 145 Å². The van der Waals surface area contributed by atoms with E-state index in [1.165, 1.54) is 0 Å². The first-order valence-electron chi connectivity index (χ1n) is 54.6. The number of aliphatic hydroxyl groups excluding tert-OH is 4. The van der Waals surface area contributed by atoms with E-state index >= 15 is 0 Å². The molecule has 150 heavy (non-hydrogen) atoms. The number of aryl methyl sites for hydroxylation is 2. The second kappa shape index (κ2) is 49.9. The Hall–Kier alpha value is -6.96. The van der Waals surface area contributed by atoms with Crippen LogP contribution in [0.2, 0.25) is 0 Å². The summed E-state index contributed by atoms with van der Waals surface area (Å²) in [7, 11) is 8.13. The molecule has 9 fully saturated rings. The summed E-state index contributed by atoms with van der Waals surface area (Å²) in [5.74, 6) is -5.01. The maximum atomic E-state index is 14.3. The summed E-state index contributed by atoms with van der Waals surface area (Å²) in [6, 6.07) is 5.93. The predicted molar refractivity (Wildman–Crippen MR) is 551 cm³/mol. The van der Waals surface area contributed by atoms with Gasteiger partial charge in [0.25, 0.3) is 5.91 Å². The van der Waals surface area contributed by atoms with Crippen molar-refractivity contribution in [2.45, 2.75) is 434 Å². The molecule has 16 aliphatic rings. The number of nitrogens with one attached hydrogen (secondary N) is 1. The second-order valence-electron chi connectivity index (χ2n) is 45.0. The standard InChI is InChI=1S/C48H72O14.C47H70O14.C21H27NO5/c1-11-25(2)43-28(5)17-18-47(62-43)23-34-20-33(61-47)16-15-27(4)42(26(3)13-12-14-32-24-55-45-40(49)29(6)19-35(46(51)58-34)48(32,45)52)59-39-22-37(54-10)44(31(8)57-39)60-38-21-36(53-9)41(50)30(7)56-38;1-24(2)41-27(5)16-17-46(61-41)22-33-19-32(60-46)15-14-26(4)42(25(3)12-11-13-31-23-54-44-39(48)28(6)18-34(45(50)57-33)47(31,44)51)58-38-21-36(53-10)43(30(8)56-38)59-37-20-35(52-9)40(49)29(7)55-37;1-5-26-20(24)27-18-17(16-12-13(2)6-7-14(16)3)19(23)22-21(18)10-8-15(25-4)9-11-21/h12-15,17-19,25-26,28,30-31,33-45,49-50,52H,11,16,20-24H2,1-10H3;11-14,16-18,24-25,27,29-30,32-44,48-49,51H,15,19-23H2,1-10H3;6-7,12,15H,5,8-11H2,1-4H3,(H,22,23)/b13-12+,27-15+,32-14+;12-11+,26-14+,31-13+;/t25-,26-,28-,30-,31-,33+,34-,35-,36-,37-,38-,39-,40+,41-,42-,43+,44-,45+,47+,48+;25-,27-,29-,30-,32+,33-,34-,35-,36-,37-,38-,39+,40-,41+,42-,43-,44+,46+,47+;/m00./s1. The summed E-state index contributed by atoms with van der Waals surface area (Å²) in [5.41, 5.74) is 2.79. The van der Waals surface area contributed by atoms with Crippen molar-refractivity contribution in [3.8, 4) is 0 Å². The lowest BCUT2D eigenvalue weighted by Crippen LogP contribution is -2.58. The Morgan fingerprint density at radius 2 is 0.940 bits per heavy atom. The molecule has 1 amide bonds. The van der Waals surface area contributed by atoms with E-state index in [0.29, 0.717) is 111 Å². The molecule has 3 aliphatic carbocycles. The van der Waals surface area contributed by atoms with Gasteiger partial charge in [-0.25, -0.2) is 4.79 Å². The molecule has 7 N–H and O–H groups in total. The van der Waals surface area contributed by atoms with Gasteiger partial charge in [0.05, 0.1) is 122 Å². The summed E-state index contributed by atoms with van der Waals surface area (Å²) >= 11 is 0. The Balaban J connectivity index is 0.000000181. The van der Waals surface area contributed by atoms with E-state index in [1.807, 2.05) is 96.2 Å². The zero-order valence-electron chi connectivity index (χ0n) is 92.1. The average Bonchev–Trinajstić information content (AvgIpc) is 1.62. The van der Waals surface area contributed by atoms with Crippen LogP contribution in [0, 0.1) is 61.2 Å². The molecule has 13 aliphatic heterocycles. The SMILES string of the molecule is CCOC(=O)OC1=C(c2cc(C)ccc2C)C(=O)NC12CCC(OC)CC2.CC[C@H](C)[C@H]1O[C@]2(C=C[C@@H]1C)C[C@@H]1C[C@@H](C/C=C(\C)[C@@H](O[C@H]3C[C@H](OC)[C@@H](O[C@H]4C[C@H](OC)[C@@H](O)[C@H](C)O4)[C@H](C)O3)[C@@H](C)/C=C/C=C3\CO[C@@H]4[C@H](O)C(C)=C[C@@H](C(=O)O1)[C@]34O)O2.CO[C@H]1C[C@H](O[C@H]2[C@H](C)O[C@@H](O[C@@H]3/C(C)=C/C[C@@H]4C[C@@H](C[C@]5(C=C[C@H](C)[C@@H](C(C)C)O5)O4)OC(=O)[C@@H]4C=C(C)[C@@H](O)[C@H]5OC/C(=C\C=C\[C@@H]3C)[C@]54O)C[C@@H]2OC)O[C@@H](C)[C@@H]1O. The van der Waals surface area contributed by atoms with Gasteiger partial charge in [0.1, 0.15) is 89.8 Å². The molecular formula is C116H169NO33. The predicted octanol–water partition coefficient (Wildman–Crippen LogP) is 14.0. The van der Waals surface area contributed by atoms with E-state index in [9.17, 15) is 49.8 Å². The summed E-state index contributed by atoms with van der Waals surface area (Å²) in [5, 5.41) is 71.5. The van der Waals surface area contributed by atoms with Gasteiger partial charge in [-0.3, -0.25) is 14.4 Å². The molecule has 1 aromatic rings. The first-order chi connectivity index (χ1) is 71.4. The number of methoxy groups -OCH3 is 5. The van der Waals surface area contributed by atoms with Crippen LogP contribution in [0.25, 0.3) is 5.57 Å². The molecular weight excluding hydrogens is 1940 g/mol. The van der Waals surface area contributed by atoms with Crippen molar-refractivity contribution >= 4 is 29.6 Å². The van der Waals surface area contributed by atoms with Crippen molar-refractivity contribution < 1.29 is 159 Å². The maximum Gasteiger partial charge on any atom is 0.513 e. The van der Waals surface area contributed by atoms with E-state index in [1.54, 1.807) is 94.5 Å². The van der Waals surface area contributed by atoms with Crippen molar-refractivity contribution in [2.24, 2.45) is 47.3 Å². The van der Waals surface area contributed by atoms with Gasteiger partial charge >= 0.3 is 18.1 Å². The van der Waals surface area contributed by atoms with Crippen molar-refractivity contribution in [3.05, 3.63) is 159 Å². The van der Waals surface area contributed by atoms with Gasteiger partial charge in [0, 0.05) is 111 Å². The molecule has 3 spiro atoms. The van der Waals surface area contributed by atoms with Crippen LogP contribution in [-0.2, 0) is 123 Å². The minimum atomic E-state index is -1.84. The van der Waals surface area contributed by atoms with Gasteiger partial charge in [-0.15, -0.1) is 0 Å². The van der Waals surface area contributed by atoms with Gasteiger partial charge in [-0.1, -0.05) is 158 Å². The van der Waals surface area contributed by atoms with Crippen LogP contribution in [0.3, 0.4) is 0 Å². The molecule has 836 valence electrons. The zero-order chi connectivity index (χ0) is 108. The Bertz CT molecular complexity index is 5160. The minimum Gasteiger partial charge on any atom is -0.462 e. The monoisotopic (exact) mass is 2100 g/mol. The van der Waals surface area contributed by atoms with E-state index in [0.717, 1.165) is 47.1 Å². The summed E-state index contributed by atoms with van der Waals surface area (Å²) < 4.78 is 143. The fraction of sp³-hybridized carbons (Fsp3) is 0.724. The molecule has 0 radical (unpaired) electrons. The van der Waals surface area contributed by atoms with Crippen molar-refractivity contribution in [1.82, 2.24) is 5.32 Å². The second-order valence-corrected chi connectivity index (χ2v) is 45.0. The Morgan fingerprint density at radius 1 is 0.507 bits per heavy atom. The van der Waals surface area contributed by atoms with Crippen molar-refractivity contribution in [1.29, 1.82) is 0 Å². The molecule has 17 rings (SSSR count). The highest BCUT2D eigenvalue weighted by molar-refractivity contribution is 6.24. The van der Waals surface area contributed by atoms with E-state index in [4.69, 9.17) is 109 Å². The van der Waals surface area contributed by atoms with Gasteiger partial charge in [0.2, 0.25) is 0 Å². The van der Waals surface area contributed by atoms with Crippen LogP contribution in [0.1, 0.15) is 231 Å². The highest BCUT2D eigenvalue weighted by atomic mass is 16.8. The molecule has 8 saturated heterocycles. The fourth-order valence-electron chi connectivity index (χ4n) is 25.0. The summed E-state index contributed by atoms with van der Waals surface area (Å²) in [4.78, 5) is 53.8. The number of esters is 2. The average molecular weight is 2110 g/mol. The lowest BCUT2D eigenvalue weighted by atomic mass is 9.71. The highest BCUT2D eigenvalue weighted by Gasteiger charge is 2.64. The Labute approximate surface area is 884 Å². The molecule has 34 nitrogen and oxygen atoms in total. The number of hydrogen-bond donors (Lipinski definition) is 7. The fourth-order valence-corrected chi connectivity index (χ4v) is 25.0. The number of fused-ring (bicyclic) bond motifs is 4. The van der Waals surface area contributed by atoms with E-state index in [2.05, 4.69) is 85.0 Å². The topological polar surface area (TPSA) is 414 Å². The zero-order valence-corrected chi connectivity index (χ0v) is 92.1. The van der Waals surface area contributed by atoms with E-state index < -0.39 is 193 Å². The van der Waals surface area contributed by atoms with Gasteiger partial charge in [-0.2, -0.15) is 0 Å². The largest absolute Gasteiger partial charge is 0.513 e. The number of allylic oxidation sites excluding steroid dienone is 4. The maximum absolute atomic E-state index is 14.3. The number of rotatable bonds is 19. The molecule has 4 bridgehead atoms. The van der Waals surface area contributed by atoms with Crippen LogP contribution in [0.4, 0.5) is 4.79 Å². The Morgan fingerprint density at radius 3 is 1.37 bits per heavy atom. The number of amides is 1. The van der Waals surface area contributed by atoms with Crippen molar-refractivity contribution in [2.75, 3.05) is 55.4 Å². The molecule has 39 atom stereocenters. The first-order valence-corrected chi connectivity index (χ1v) is 54.6. The smallest absolute Gasteiger partial charge is 0.462 e. The van der Waals surface area contributed by atoms with Crippen LogP contribution in [-0.4, -0.2) is 316 Å². The minimum absolute atomic E-state index is 0.0313. The highest BCUT2D eigenvalue weighted by Crippen LogP contribution is 2.53. The van der Waals surface area contributed by atoms with Crippen LogP contribution >= 0.6 is 0 Å². The Kier molecular flexibility index (Phi) is 38.9. The van der Waals surface area contributed by atoms with Crippen molar-refractivity contribution in [3.63, 3.8) is 0 Å². The number of aliphatic hydroxyl groups is 6. The molecule has 0 unspecified atom stereocenters.